The number of nitrogens with one attached hydrogen (secondary N) is 1. The molecule has 2 aromatic rings. The van der Waals surface area contributed by atoms with E-state index in [-0.39, 0.29) is 0 Å². The molecule has 2 N–H and O–H groups in total. The van der Waals surface area contributed by atoms with E-state index in [0.29, 0.717) is 35.4 Å². The zero-order chi connectivity index (χ0) is 13.0. The molecule has 0 aliphatic rings. The first kappa shape index (κ1) is 13.0. The molecule has 2 rings (SSSR count). The van der Waals surface area contributed by atoms with Gasteiger partial charge in [-0.25, -0.2) is 0 Å². The fourth-order valence-corrected chi connectivity index (χ4v) is 1.85. The van der Waals surface area contributed by atoms with E-state index in [2.05, 4.69) is 15.5 Å². The van der Waals surface area contributed by atoms with Crippen molar-refractivity contribution >= 4 is 11.6 Å². The topological polar surface area (TPSA) is 71.2 Å². The molecule has 0 radical (unpaired) electrons. The maximum absolute atomic E-state index is 9.97. The van der Waals surface area contributed by atoms with E-state index in [1.807, 2.05) is 12.1 Å². The summed E-state index contributed by atoms with van der Waals surface area (Å²) in [6, 6.07) is 7.22. The number of halogens is 1. The summed E-state index contributed by atoms with van der Waals surface area (Å²) in [5.41, 5.74) is 0.705. The van der Waals surface area contributed by atoms with Crippen molar-refractivity contribution < 1.29 is 9.63 Å². The number of hydrogen-bond acceptors (Lipinski definition) is 5. The third-order valence-electron chi connectivity index (χ3n) is 2.45. The normalized spacial score (nSPS) is 12.6. The third-order valence-corrected chi connectivity index (χ3v) is 2.80. The minimum absolute atomic E-state index is 0.372. The number of aryl methyl sites for hydroxylation is 1. The van der Waals surface area contributed by atoms with Crippen molar-refractivity contribution in [3.05, 3.63) is 46.6 Å². The van der Waals surface area contributed by atoms with E-state index >= 15 is 0 Å². The fourth-order valence-electron chi connectivity index (χ4n) is 1.59. The second-order valence-electron chi connectivity index (χ2n) is 3.90. The summed E-state index contributed by atoms with van der Waals surface area (Å²) >= 11 is 5.99. The lowest BCUT2D eigenvalue weighted by Gasteiger charge is -2.12. The summed E-state index contributed by atoms with van der Waals surface area (Å²) in [6.07, 6.45) is -0.660. The number of aliphatic hydroxyl groups excluding tert-OH is 1. The number of benzene rings is 1. The van der Waals surface area contributed by atoms with Gasteiger partial charge in [0.15, 0.2) is 5.82 Å². The Morgan fingerprint density at radius 3 is 2.89 bits per heavy atom. The molecule has 0 aliphatic heterocycles. The van der Waals surface area contributed by atoms with Crippen molar-refractivity contribution in [1.82, 2.24) is 15.5 Å². The van der Waals surface area contributed by atoms with Gasteiger partial charge in [0.1, 0.15) is 0 Å². The lowest BCUT2D eigenvalue weighted by molar-refractivity contribution is 0.174. The standard InChI is InChI=1S/C12H14ClN3O2/c1-8-15-12(16-18-8)7-14-6-11(17)9-4-2-3-5-10(9)13/h2-5,11,14,17H,6-7H2,1H3. The molecule has 1 atom stereocenters. The monoisotopic (exact) mass is 267 g/mol. The van der Waals surface area contributed by atoms with Gasteiger partial charge in [-0.2, -0.15) is 4.98 Å². The highest BCUT2D eigenvalue weighted by atomic mass is 35.5. The molecule has 1 unspecified atom stereocenters. The van der Waals surface area contributed by atoms with Gasteiger partial charge in [0.25, 0.3) is 0 Å². The van der Waals surface area contributed by atoms with Gasteiger partial charge in [-0.1, -0.05) is 35.0 Å². The average molecular weight is 268 g/mol. The van der Waals surface area contributed by atoms with Crippen molar-refractivity contribution in [3.8, 4) is 0 Å². The first-order chi connectivity index (χ1) is 8.66. The van der Waals surface area contributed by atoms with Gasteiger partial charge in [0, 0.05) is 24.1 Å². The Bertz CT molecular complexity index is 516. The molecule has 5 nitrogen and oxygen atoms in total. The minimum Gasteiger partial charge on any atom is -0.387 e. The van der Waals surface area contributed by atoms with E-state index in [4.69, 9.17) is 16.1 Å². The summed E-state index contributed by atoms with van der Waals surface area (Å²) in [5.74, 6) is 1.09. The van der Waals surface area contributed by atoms with Gasteiger partial charge in [-0.05, 0) is 6.07 Å². The summed E-state index contributed by atoms with van der Waals surface area (Å²) in [6.45, 7) is 2.55. The molecule has 1 heterocycles. The van der Waals surface area contributed by atoms with Crippen LogP contribution in [0.5, 0.6) is 0 Å². The van der Waals surface area contributed by atoms with Crippen LogP contribution in [0.1, 0.15) is 23.4 Å². The van der Waals surface area contributed by atoms with E-state index in [1.54, 1.807) is 19.1 Å². The SMILES string of the molecule is Cc1nc(CNCC(O)c2ccccc2Cl)no1. The van der Waals surface area contributed by atoms with Crippen molar-refractivity contribution in [1.29, 1.82) is 0 Å². The Hall–Kier alpha value is -1.43. The van der Waals surface area contributed by atoms with Crippen molar-refractivity contribution in [2.75, 3.05) is 6.54 Å². The smallest absolute Gasteiger partial charge is 0.223 e. The number of rotatable bonds is 5. The van der Waals surface area contributed by atoms with Crippen LogP contribution in [-0.4, -0.2) is 21.8 Å². The molecule has 0 aliphatic carbocycles. The zero-order valence-corrected chi connectivity index (χ0v) is 10.7. The van der Waals surface area contributed by atoms with Crippen molar-refractivity contribution in [3.63, 3.8) is 0 Å². The van der Waals surface area contributed by atoms with Crippen molar-refractivity contribution in [2.45, 2.75) is 19.6 Å². The molecule has 6 heteroatoms. The fraction of sp³-hybridized carbons (Fsp3) is 0.333. The maximum atomic E-state index is 9.97. The van der Waals surface area contributed by atoms with E-state index in [1.165, 1.54) is 0 Å². The maximum Gasteiger partial charge on any atom is 0.223 e. The summed E-state index contributed by atoms with van der Waals surface area (Å²) < 4.78 is 4.84. The first-order valence-corrected chi connectivity index (χ1v) is 5.97. The van der Waals surface area contributed by atoms with E-state index < -0.39 is 6.10 Å². The highest BCUT2D eigenvalue weighted by molar-refractivity contribution is 6.31. The Morgan fingerprint density at radius 2 is 2.22 bits per heavy atom. The Morgan fingerprint density at radius 1 is 1.44 bits per heavy atom. The van der Waals surface area contributed by atoms with Crippen LogP contribution in [0.15, 0.2) is 28.8 Å². The van der Waals surface area contributed by atoms with Gasteiger partial charge in [0.05, 0.1) is 12.6 Å². The second kappa shape index (κ2) is 5.95. The van der Waals surface area contributed by atoms with E-state index in [9.17, 15) is 5.11 Å². The second-order valence-corrected chi connectivity index (χ2v) is 4.31. The lowest BCUT2D eigenvalue weighted by Crippen LogP contribution is -2.21. The molecule has 1 aromatic carbocycles. The molecule has 0 bridgehead atoms. The Kier molecular flexibility index (Phi) is 4.30. The molecule has 0 saturated heterocycles. The largest absolute Gasteiger partial charge is 0.387 e. The predicted octanol–water partition coefficient (Wildman–Crippen LogP) is 1.85. The number of aliphatic hydroxyl groups is 1. The third kappa shape index (κ3) is 3.29. The molecule has 0 saturated carbocycles. The minimum atomic E-state index is -0.660. The van der Waals surface area contributed by atoms with Crippen LogP contribution in [0.4, 0.5) is 0 Å². The molecule has 1 aromatic heterocycles. The average Bonchev–Trinajstić information content (AvgIpc) is 2.75. The van der Waals surface area contributed by atoms with Crippen LogP contribution in [-0.2, 0) is 6.54 Å². The molecule has 96 valence electrons. The quantitative estimate of drug-likeness (QED) is 0.865. The van der Waals surface area contributed by atoms with Crippen LogP contribution in [0.25, 0.3) is 0 Å². The predicted molar refractivity (Wildman–Crippen MR) is 67.2 cm³/mol. The Balaban J connectivity index is 1.85. The summed E-state index contributed by atoms with van der Waals surface area (Å²) in [5, 5.41) is 17.3. The number of nitrogens with zero attached hydrogens (tertiary/aromatic N) is 2. The van der Waals surface area contributed by atoms with Crippen LogP contribution >= 0.6 is 11.6 Å². The van der Waals surface area contributed by atoms with E-state index in [0.717, 1.165) is 0 Å². The Labute approximate surface area is 110 Å². The summed E-state index contributed by atoms with van der Waals surface area (Å²) in [4.78, 5) is 4.05. The number of aromatic nitrogens is 2. The highest BCUT2D eigenvalue weighted by Gasteiger charge is 2.11. The van der Waals surface area contributed by atoms with Crippen LogP contribution in [0, 0.1) is 6.92 Å². The molecule has 0 amide bonds. The molecule has 18 heavy (non-hydrogen) atoms. The van der Waals surface area contributed by atoms with Crippen LogP contribution < -0.4 is 5.32 Å². The molecule has 0 fully saturated rings. The zero-order valence-electron chi connectivity index (χ0n) is 9.93. The summed E-state index contributed by atoms with van der Waals surface area (Å²) in [7, 11) is 0. The molecule has 0 spiro atoms. The van der Waals surface area contributed by atoms with Gasteiger partial charge in [-0.15, -0.1) is 0 Å². The molecular weight excluding hydrogens is 254 g/mol. The lowest BCUT2D eigenvalue weighted by atomic mass is 10.1. The molecular formula is C12H14ClN3O2. The van der Waals surface area contributed by atoms with Gasteiger partial charge in [-0.3, -0.25) is 0 Å². The first-order valence-electron chi connectivity index (χ1n) is 5.59. The van der Waals surface area contributed by atoms with Gasteiger partial charge >= 0.3 is 0 Å². The van der Waals surface area contributed by atoms with Gasteiger partial charge in [0.2, 0.25) is 5.89 Å². The van der Waals surface area contributed by atoms with Gasteiger partial charge < -0.3 is 14.9 Å². The van der Waals surface area contributed by atoms with Crippen LogP contribution in [0.3, 0.4) is 0 Å². The highest BCUT2D eigenvalue weighted by Crippen LogP contribution is 2.21. The van der Waals surface area contributed by atoms with Crippen molar-refractivity contribution in [2.24, 2.45) is 0 Å². The number of hydrogen-bond donors (Lipinski definition) is 2. The van der Waals surface area contributed by atoms with Crippen LogP contribution in [0.2, 0.25) is 5.02 Å².